The van der Waals surface area contributed by atoms with Gasteiger partial charge in [-0.25, -0.2) is 0 Å². The number of carbonyl (C=O) groups is 1. The number of rotatable bonds is 5. The van der Waals surface area contributed by atoms with Crippen molar-refractivity contribution in [3.8, 4) is 5.75 Å². The van der Waals surface area contributed by atoms with Crippen LogP contribution in [-0.4, -0.2) is 12.9 Å². The van der Waals surface area contributed by atoms with Crippen LogP contribution >= 0.6 is 0 Å². The average molecular weight is 221 g/mol. The van der Waals surface area contributed by atoms with E-state index in [1.54, 1.807) is 14.0 Å². The van der Waals surface area contributed by atoms with Crippen molar-refractivity contribution >= 4 is 5.78 Å². The third-order valence-corrected chi connectivity index (χ3v) is 2.65. The normalized spacial score (nSPS) is 12.2. The molecule has 2 N–H and O–H groups in total. The second-order valence-electron chi connectivity index (χ2n) is 4.08. The molecule has 3 heteroatoms. The van der Waals surface area contributed by atoms with Gasteiger partial charge in [0.15, 0.2) is 0 Å². The number of methoxy groups -OCH3 is 1. The van der Waals surface area contributed by atoms with Crippen molar-refractivity contribution in [3.63, 3.8) is 0 Å². The molecule has 1 aromatic carbocycles. The minimum Gasteiger partial charge on any atom is -0.496 e. The number of carbonyl (C=O) groups excluding carboxylic acids is 1. The molecule has 0 aliphatic carbocycles. The zero-order valence-electron chi connectivity index (χ0n) is 10.1. The number of aryl methyl sites for hydroxylation is 1. The molecule has 0 spiro atoms. The molecule has 0 aromatic heterocycles. The third kappa shape index (κ3) is 3.35. The summed E-state index contributed by atoms with van der Waals surface area (Å²) in [6.45, 7) is 3.58. The van der Waals surface area contributed by atoms with E-state index in [-0.39, 0.29) is 11.8 Å². The highest BCUT2D eigenvalue weighted by molar-refractivity contribution is 5.75. The Bertz CT molecular complexity index is 374. The van der Waals surface area contributed by atoms with Crippen molar-refractivity contribution in [1.29, 1.82) is 0 Å². The van der Waals surface area contributed by atoms with Crippen LogP contribution in [0.2, 0.25) is 0 Å². The Morgan fingerprint density at radius 3 is 2.69 bits per heavy atom. The molecule has 1 rings (SSSR count). The van der Waals surface area contributed by atoms with E-state index in [2.05, 4.69) is 0 Å². The molecule has 1 aromatic rings. The fourth-order valence-corrected chi connectivity index (χ4v) is 1.66. The Balaban J connectivity index is 2.72. The summed E-state index contributed by atoms with van der Waals surface area (Å²) >= 11 is 0. The molecule has 0 aliphatic rings. The number of ketones is 1. The van der Waals surface area contributed by atoms with E-state index in [4.69, 9.17) is 10.5 Å². The topological polar surface area (TPSA) is 52.3 Å². The van der Waals surface area contributed by atoms with E-state index < -0.39 is 0 Å². The second-order valence-corrected chi connectivity index (χ2v) is 4.08. The molecule has 88 valence electrons. The SMILES string of the molecule is COc1ccc(C(N)CCC(C)=O)cc1C. The molecule has 0 fully saturated rings. The molecule has 1 unspecified atom stereocenters. The van der Waals surface area contributed by atoms with E-state index in [0.29, 0.717) is 12.8 Å². The molecule has 0 amide bonds. The zero-order chi connectivity index (χ0) is 12.1. The maximum Gasteiger partial charge on any atom is 0.129 e. The number of Topliss-reactive ketones (excluding diaryl/α,β-unsaturated/α-hetero) is 1. The predicted molar refractivity (Wildman–Crippen MR) is 64.6 cm³/mol. The highest BCUT2D eigenvalue weighted by Gasteiger charge is 2.09. The van der Waals surface area contributed by atoms with E-state index in [0.717, 1.165) is 16.9 Å². The molecule has 0 saturated carbocycles. The number of hydrogen-bond acceptors (Lipinski definition) is 3. The molecule has 0 bridgehead atoms. The van der Waals surface area contributed by atoms with Gasteiger partial charge in [0.2, 0.25) is 0 Å². The van der Waals surface area contributed by atoms with Crippen molar-refractivity contribution in [1.82, 2.24) is 0 Å². The van der Waals surface area contributed by atoms with Gasteiger partial charge in [0, 0.05) is 12.5 Å². The minimum absolute atomic E-state index is 0.0755. The third-order valence-electron chi connectivity index (χ3n) is 2.65. The molecule has 3 nitrogen and oxygen atoms in total. The summed E-state index contributed by atoms with van der Waals surface area (Å²) < 4.78 is 5.18. The zero-order valence-corrected chi connectivity index (χ0v) is 10.1. The van der Waals surface area contributed by atoms with Crippen molar-refractivity contribution in [2.75, 3.05) is 7.11 Å². The lowest BCUT2D eigenvalue weighted by Gasteiger charge is -2.13. The van der Waals surface area contributed by atoms with Gasteiger partial charge in [0.05, 0.1) is 7.11 Å². The van der Waals surface area contributed by atoms with E-state index >= 15 is 0 Å². The van der Waals surface area contributed by atoms with Crippen LogP contribution in [0.1, 0.15) is 36.9 Å². The van der Waals surface area contributed by atoms with Crippen LogP contribution in [0.5, 0.6) is 5.75 Å². The molecule has 0 radical (unpaired) electrons. The molecule has 0 aliphatic heterocycles. The maximum atomic E-state index is 10.9. The average Bonchev–Trinajstić information content (AvgIpc) is 2.25. The van der Waals surface area contributed by atoms with Crippen LogP contribution in [0.3, 0.4) is 0 Å². The summed E-state index contributed by atoms with van der Waals surface area (Å²) in [6.07, 6.45) is 1.23. The molecule has 16 heavy (non-hydrogen) atoms. The lowest BCUT2D eigenvalue weighted by atomic mass is 10.00. The van der Waals surface area contributed by atoms with Gasteiger partial charge < -0.3 is 15.3 Å². The minimum atomic E-state index is -0.0755. The lowest BCUT2D eigenvalue weighted by Crippen LogP contribution is -2.11. The van der Waals surface area contributed by atoms with Gasteiger partial charge in [0.1, 0.15) is 11.5 Å². The van der Waals surface area contributed by atoms with Gasteiger partial charge in [-0.15, -0.1) is 0 Å². The summed E-state index contributed by atoms with van der Waals surface area (Å²) in [5.41, 5.74) is 8.13. The monoisotopic (exact) mass is 221 g/mol. The first-order valence-corrected chi connectivity index (χ1v) is 5.44. The summed E-state index contributed by atoms with van der Waals surface area (Å²) in [6, 6.07) is 5.81. The molecular weight excluding hydrogens is 202 g/mol. The number of nitrogens with two attached hydrogens (primary N) is 1. The highest BCUT2D eigenvalue weighted by Crippen LogP contribution is 2.23. The van der Waals surface area contributed by atoms with Gasteiger partial charge >= 0.3 is 0 Å². The quantitative estimate of drug-likeness (QED) is 0.830. The van der Waals surface area contributed by atoms with Crippen molar-refractivity contribution in [2.45, 2.75) is 32.7 Å². The fourth-order valence-electron chi connectivity index (χ4n) is 1.66. The smallest absolute Gasteiger partial charge is 0.129 e. The van der Waals surface area contributed by atoms with Gasteiger partial charge in [-0.1, -0.05) is 12.1 Å². The largest absolute Gasteiger partial charge is 0.496 e. The number of ether oxygens (including phenoxy) is 1. The van der Waals surface area contributed by atoms with Crippen LogP contribution in [0, 0.1) is 6.92 Å². The van der Waals surface area contributed by atoms with Gasteiger partial charge in [-0.05, 0) is 37.5 Å². The Morgan fingerprint density at radius 2 is 2.19 bits per heavy atom. The maximum absolute atomic E-state index is 10.9. The summed E-state index contributed by atoms with van der Waals surface area (Å²) in [7, 11) is 1.65. The molecular formula is C13H19NO2. The summed E-state index contributed by atoms with van der Waals surface area (Å²) in [5.74, 6) is 1.04. The first-order valence-electron chi connectivity index (χ1n) is 5.44. The lowest BCUT2D eigenvalue weighted by molar-refractivity contribution is -0.117. The standard InChI is InChI=1S/C13H19NO2/c1-9-8-11(5-7-13(9)16-3)12(14)6-4-10(2)15/h5,7-8,12H,4,6,14H2,1-3H3. The van der Waals surface area contributed by atoms with Gasteiger partial charge in [-0.2, -0.15) is 0 Å². The number of hydrogen-bond donors (Lipinski definition) is 1. The van der Waals surface area contributed by atoms with Crippen LogP contribution in [0.15, 0.2) is 18.2 Å². The van der Waals surface area contributed by atoms with Crippen LogP contribution < -0.4 is 10.5 Å². The molecule has 1 atom stereocenters. The Kier molecular flexibility index (Phi) is 4.50. The van der Waals surface area contributed by atoms with Gasteiger partial charge in [-0.3, -0.25) is 0 Å². The van der Waals surface area contributed by atoms with Crippen molar-refractivity contribution in [2.24, 2.45) is 5.73 Å². The summed E-state index contributed by atoms with van der Waals surface area (Å²) in [5, 5.41) is 0. The van der Waals surface area contributed by atoms with Crippen molar-refractivity contribution in [3.05, 3.63) is 29.3 Å². The van der Waals surface area contributed by atoms with Crippen molar-refractivity contribution < 1.29 is 9.53 Å². The molecule has 0 heterocycles. The number of benzene rings is 1. The van der Waals surface area contributed by atoms with E-state index in [9.17, 15) is 4.79 Å². The van der Waals surface area contributed by atoms with E-state index in [1.807, 2.05) is 25.1 Å². The van der Waals surface area contributed by atoms with Crippen LogP contribution in [0.4, 0.5) is 0 Å². The Hall–Kier alpha value is -1.35. The second kappa shape index (κ2) is 5.66. The first-order chi connectivity index (χ1) is 7.54. The van der Waals surface area contributed by atoms with Gasteiger partial charge in [0.25, 0.3) is 0 Å². The van der Waals surface area contributed by atoms with Crippen LogP contribution in [-0.2, 0) is 4.79 Å². The Labute approximate surface area is 96.6 Å². The highest BCUT2D eigenvalue weighted by atomic mass is 16.5. The summed E-state index contributed by atoms with van der Waals surface area (Å²) in [4.78, 5) is 10.9. The van der Waals surface area contributed by atoms with Crippen LogP contribution in [0.25, 0.3) is 0 Å². The van der Waals surface area contributed by atoms with E-state index in [1.165, 1.54) is 0 Å². The predicted octanol–water partition coefficient (Wildman–Crippen LogP) is 2.37. The molecule has 0 saturated heterocycles. The Morgan fingerprint density at radius 1 is 1.50 bits per heavy atom. The first kappa shape index (κ1) is 12.7. The fraction of sp³-hybridized carbons (Fsp3) is 0.462.